The molecule has 0 fully saturated rings. The van der Waals surface area contributed by atoms with E-state index in [0.29, 0.717) is 21.3 Å². The van der Waals surface area contributed by atoms with Crippen molar-refractivity contribution in [3.8, 4) is 0 Å². The van der Waals surface area contributed by atoms with Crippen LogP contribution in [0.1, 0.15) is 5.56 Å². The van der Waals surface area contributed by atoms with Crippen LogP contribution in [0.5, 0.6) is 0 Å². The van der Waals surface area contributed by atoms with Crippen molar-refractivity contribution in [1.82, 2.24) is 4.72 Å². The standard InChI is InChI=1S/C16H13Cl2N3O3S2/c1-9-13-8-11(18)4-7-14(13)25-15(9)26(23,24)21-16(20-22)19-12-5-2-10(17)3-6-12/h2-8,22H,1H3,(H2,19,20,21). The molecule has 0 saturated heterocycles. The first-order chi connectivity index (χ1) is 12.3. The number of thiophene rings is 1. The van der Waals surface area contributed by atoms with Crippen molar-refractivity contribution in [3.05, 3.63) is 58.1 Å². The van der Waals surface area contributed by atoms with Gasteiger partial charge in [-0.1, -0.05) is 28.4 Å². The fraction of sp³-hybridized carbons (Fsp3) is 0.0625. The van der Waals surface area contributed by atoms with Crippen LogP contribution in [0.2, 0.25) is 10.0 Å². The molecular weight excluding hydrogens is 417 g/mol. The number of hydrogen-bond acceptors (Lipinski definition) is 5. The van der Waals surface area contributed by atoms with Crippen LogP contribution in [0.4, 0.5) is 5.69 Å². The van der Waals surface area contributed by atoms with E-state index in [1.165, 1.54) is 0 Å². The summed E-state index contributed by atoms with van der Waals surface area (Å²) in [5, 5.41) is 16.6. The molecule has 1 aromatic heterocycles. The summed E-state index contributed by atoms with van der Waals surface area (Å²) in [7, 11) is -3.96. The number of guanidine groups is 1. The van der Waals surface area contributed by atoms with Gasteiger partial charge in [-0.05, 0) is 60.3 Å². The lowest BCUT2D eigenvalue weighted by atomic mass is 10.2. The third-order valence-electron chi connectivity index (χ3n) is 3.54. The predicted octanol–water partition coefficient (Wildman–Crippen LogP) is 4.65. The first kappa shape index (κ1) is 18.8. The van der Waals surface area contributed by atoms with E-state index in [1.807, 2.05) is 0 Å². The maximum absolute atomic E-state index is 12.7. The monoisotopic (exact) mass is 429 g/mol. The molecule has 0 aliphatic heterocycles. The van der Waals surface area contributed by atoms with Gasteiger partial charge in [-0.2, -0.15) is 0 Å². The largest absolute Gasteiger partial charge is 0.408 e. The third kappa shape index (κ3) is 3.88. The Balaban J connectivity index is 1.90. The quantitative estimate of drug-likeness (QED) is 0.244. The Kier molecular flexibility index (Phi) is 5.29. The molecule has 0 atom stereocenters. The molecule has 0 aliphatic carbocycles. The van der Waals surface area contributed by atoms with Gasteiger partial charge in [0.2, 0.25) is 0 Å². The molecule has 0 aliphatic rings. The molecule has 3 rings (SSSR count). The van der Waals surface area contributed by atoms with Gasteiger partial charge in [-0.3, -0.25) is 0 Å². The minimum Gasteiger partial charge on any atom is -0.408 e. The van der Waals surface area contributed by atoms with Crippen LogP contribution in [0, 0.1) is 6.92 Å². The Morgan fingerprint density at radius 2 is 1.77 bits per heavy atom. The number of rotatable bonds is 3. The van der Waals surface area contributed by atoms with Crippen molar-refractivity contribution in [1.29, 1.82) is 0 Å². The second kappa shape index (κ2) is 7.32. The van der Waals surface area contributed by atoms with Crippen LogP contribution >= 0.6 is 34.5 Å². The molecule has 136 valence electrons. The highest BCUT2D eigenvalue weighted by atomic mass is 35.5. The Bertz CT molecular complexity index is 1090. The molecule has 0 amide bonds. The fourth-order valence-corrected chi connectivity index (χ4v) is 5.35. The van der Waals surface area contributed by atoms with Gasteiger partial charge in [0.1, 0.15) is 4.21 Å². The number of aryl methyl sites for hydroxylation is 1. The second-order valence-electron chi connectivity index (χ2n) is 5.34. The molecule has 0 radical (unpaired) electrons. The number of oxime groups is 1. The molecule has 3 aromatic rings. The van der Waals surface area contributed by atoms with Crippen LogP contribution in [-0.4, -0.2) is 19.6 Å². The van der Waals surface area contributed by atoms with Gasteiger partial charge in [0, 0.05) is 20.4 Å². The van der Waals surface area contributed by atoms with Crippen LogP contribution in [0.3, 0.4) is 0 Å². The third-order valence-corrected chi connectivity index (χ3v) is 7.26. The van der Waals surface area contributed by atoms with Crippen molar-refractivity contribution in [2.75, 3.05) is 5.32 Å². The van der Waals surface area contributed by atoms with Crippen LogP contribution in [0.25, 0.3) is 10.1 Å². The summed E-state index contributed by atoms with van der Waals surface area (Å²) < 4.78 is 28.6. The van der Waals surface area contributed by atoms with Gasteiger partial charge in [0.05, 0.1) is 0 Å². The molecular formula is C16H13Cl2N3O3S2. The molecule has 26 heavy (non-hydrogen) atoms. The van der Waals surface area contributed by atoms with E-state index in [4.69, 9.17) is 28.4 Å². The van der Waals surface area contributed by atoms with Gasteiger partial charge in [0.15, 0.2) is 0 Å². The fourth-order valence-electron chi connectivity index (χ4n) is 2.34. The first-order valence-electron chi connectivity index (χ1n) is 7.26. The number of benzene rings is 2. The smallest absolute Gasteiger partial charge is 0.274 e. The zero-order valence-corrected chi connectivity index (χ0v) is 16.5. The lowest BCUT2D eigenvalue weighted by molar-refractivity contribution is 0.317. The number of nitrogens with zero attached hydrogens (tertiary/aromatic N) is 1. The zero-order valence-electron chi connectivity index (χ0n) is 13.3. The molecule has 2 aromatic carbocycles. The van der Waals surface area contributed by atoms with Crippen LogP contribution < -0.4 is 10.0 Å². The Labute approximate surface area is 164 Å². The SMILES string of the molecule is Cc1c(S(=O)(=O)NC(=NO)Nc2ccc(Cl)cc2)sc2ccc(Cl)cc12. The molecule has 1 heterocycles. The number of fused-ring (bicyclic) bond motifs is 1. The molecule has 0 bridgehead atoms. The van der Waals surface area contributed by atoms with Gasteiger partial charge < -0.3 is 10.5 Å². The highest BCUT2D eigenvalue weighted by molar-refractivity contribution is 7.92. The van der Waals surface area contributed by atoms with Crippen LogP contribution in [0.15, 0.2) is 51.8 Å². The average Bonchev–Trinajstić information content (AvgIpc) is 2.93. The maximum Gasteiger partial charge on any atom is 0.274 e. The van der Waals surface area contributed by atoms with E-state index in [9.17, 15) is 8.42 Å². The van der Waals surface area contributed by atoms with Gasteiger partial charge in [-0.15, -0.1) is 11.3 Å². The predicted molar refractivity (Wildman–Crippen MR) is 106 cm³/mol. The normalized spacial score (nSPS) is 12.3. The van der Waals surface area contributed by atoms with E-state index in [2.05, 4.69) is 15.2 Å². The summed E-state index contributed by atoms with van der Waals surface area (Å²) in [5.74, 6) is -0.331. The number of sulfonamides is 1. The first-order valence-corrected chi connectivity index (χ1v) is 10.3. The van der Waals surface area contributed by atoms with E-state index in [0.717, 1.165) is 21.4 Å². The van der Waals surface area contributed by atoms with Gasteiger partial charge in [-0.25, -0.2) is 13.1 Å². The minimum atomic E-state index is -3.96. The highest BCUT2D eigenvalue weighted by Crippen LogP contribution is 2.35. The molecule has 6 nitrogen and oxygen atoms in total. The highest BCUT2D eigenvalue weighted by Gasteiger charge is 2.23. The topological polar surface area (TPSA) is 90.8 Å². The number of halogens is 2. The summed E-state index contributed by atoms with van der Waals surface area (Å²) in [6.45, 7) is 1.70. The molecule has 0 saturated carbocycles. The molecule has 0 spiro atoms. The van der Waals surface area contributed by atoms with E-state index in [1.54, 1.807) is 49.4 Å². The Hall–Kier alpha value is -2.00. The average molecular weight is 430 g/mol. The molecule has 10 heteroatoms. The van der Waals surface area contributed by atoms with Crippen molar-refractivity contribution >= 4 is 66.3 Å². The lowest BCUT2D eigenvalue weighted by Gasteiger charge is -2.11. The van der Waals surface area contributed by atoms with Gasteiger partial charge >= 0.3 is 0 Å². The van der Waals surface area contributed by atoms with Crippen molar-refractivity contribution in [2.24, 2.45) is 5.16 Å². The summed E-state index contributed by atoms with van der Waals surface area (Å²) in [4.78, 5) is 0. The molecule has 3 N–H and O–H groups in total. The van der Waals surface area contributed by atoms with Crippen molar-refractivity contribution < 1.29 is 13.6 Å². The van der Waals surface area contributed by atoms with Crippen molar-refractivity contribution in [2.45, 2.75) is 11.1 Å². The van der Waals surface area contributed by atoms with E-state index in [-0.39, 0.29) is 10.2 Å². The Morgan fingerprint density at radius 1 is 1.12 bits per heavy atom. The summed E-state index contributed by atoms with van der Waals surface area (Å²) in [5.41, 5.74) is 1.08. The molecule has 0 unspecified atom stereocenters. The van der Waals surface area contributed by atoms with Gasteiger partial charge in [0.25, 0.3) is 16.0 Å². The summed E-state index contributed by atoms with van der Waals surface area (Å²) in [6.07, 6.45) is 0. The van der Waals surface area contributed by atoms with Crippen molar-refractivity contribution in [3.63, 3.8) is 0 Å². The van der Waals surface area contributed by atoms with Crippen LogP contribution in [-0.2, 0) is 10.0 Å². The summed E-state index contributed by atoms with van der Waals surface area (Å²) >= 11 is 12.9. The zero-order chi connectivity index (χ0) is 18.9. The maximum atomic E-state index is 12.7. The van der Waals surface area contributed by atoms with E-state index >= 15 is 0 Å². The Morgan fingerprint density at radius 3 is 2.42 bits per heavy atom. The minimum absolute atomic E-state index is 0.119. The number of hydrogen-bond donors (Lipinski definition) is 3. The van der Waals surface area contributed by atoms with E-state index < -0.39 is 10.0 Å². The lowest BCUT2D eigenvalue weighted by Crippen LogP contribution is -2.35. The number of anilines is 1. The summed E-state index contributed by atoms with van der Waals surface area (Å²) in [6, 6.07) is 11.7. The second-order valence-corrected chi connectivity index (χ2v) is 9.14. The number of nitrogens with one attached hydrogen (secondary N) is 2.